The summed E-state index contributed by atoms with van der Waals surface area (Å²) in [5.74, 6) is -0.270. The molecule has 0 radical (unpaired) electrons. The molecular formula is C14H12Cl2FN. The zero-order valence-corrected chi connectivity index (χ0v) is 11.3. The van der Waals surface area contributed by atoms with Crippen molar-refractivity contribution >= 4 is 28.9 Å². The Morgan fingerprint density at radius 2 is 1.94 bits per heavy atom. The van der Waals surface area contributed by atoms with Gasteiger partial charge in [-0.1, -0.05) is 35.3 Å². The van der Waals surface area contributed by atoms with E-state index in [9.17, 15) is 4.39 Å². The van der Waals surface area contributed by atoms with Crippen LogP contribution in [-0.2, 0) is 6.54 Å². The van der Waals surface area contributed by atoms with Crippen molar-refractivity contribution < 1.29 is 4.39 Å². The minimum Gasteiger partial charge on any atom is -0.378 e. The molecule has 0 aliphatic carbocycles. The molecule has 0 unspecified atom stereocenters. The third-order valence-electron chi connectivity index (χ3n) is 2.69. The van der Waals surface area contributed by atoms with Crippen LogP contribution in [0.15, 0.2) is 36.4 Å². The summed E-state index contributed by atoms with van der Waals surface area (Å²) in [6.45, 7) is 2.28. The van der Waals surface area contributed by atoms with Crippen molar-refractivity contribution in [2.24, 2.45) is 0 Å². The van der Waals surface area contributed by atoms with Crippen molar-refractivity contribution in [3.8, 4) is 0 Å². The summed E-state index contributed by atoms with van der Waals surface area (Å²) >= 11 is 12.0. The van der Waals surface area contributed by atoms with E-state index in [0.717, 1.165) is 11.1 Å². The zero-order chi connectivity index (χ0) is 13.1. The number of hydrogen-bond acceptors (Lipinski definition) is 1. The van der Waals surface area contributed by atoms with Crippen LogP contribution in [0.3, 0.4) is 0 Å². The Labute approximate surface area is 116 Å². The first-order valence-corrected chi connectivity index (χ1v) is 6.26. The van der Waals surface area contributed by atoms with Crippen LogP contribution in [0.4, 0.5) is 10.1 Å². The summed E-state index contributed by atoms with van der Waals surface area (Å²) in [5.41, 5.74) is 2.19. The lowest BCUT2D eigenvalue weighted by Gasteiger charge is -2.11. The number of aryl methyl sites for hydroxylation is 1. The Kier molecular flexibility index (Phi) is 4.10. The molecule has 2 aromatic carbocycles. The molecule has 0 amide bonds. The van der Waals surface area contributed by atoms with Crippen molar-refractivity contribution in [2.75, 3.05) is 5.32 Å². The van der Waals surface area contributed by atoms with Gasteiger partial charge in [-0.25, -0.2) is 4.39 Å². The number of benzene rings is 2. The van der Waals surface area contributed by atoms with Gasteiger partial charge in [-0.2, -0.15) is 0 Å². The molecule has 94 valence electrons. The minimum absolute atomic E-state index is 0.270. The normalized spacial score (nSPS) is 10.4. The van der Waals surface area contributed by atoms with Crippen LogP contribution < -0.4 is 5.32 Å². The first-order chi connectivity index (χ1) is 8.58. The highest BCUT2D eigenvalue weighted by molar-refractivity contribution is 6.33. The van der Waals surface area contributed by atoms with Crippen molar-refractivity contribution in [3.05, 3.63) is 63.4 Å². The molecule has 0 heterocycles. The van der Waals surface area contributed by atoms with Gasteiger partial charge in [-0.05, 0) is 42.3 Å². The average molecular weight is 284 g/mol. The van der Waals surface area contributed by atoms with Gasteiger partial charge in [-0.15, -0.1) is 0 Å². The Morgan fingerprint density at radius 3 is 2.67 bits per heavy atom. The summed E-state index contributed by atoms with van der Waals surface area (Å²) in [5, 5.41) is 4.27. The first kappa shape index (κ1) is 13.2. The van der Waals surface area contributed by atoms with Crippen LogP contribution in [0.5, 0.6) is 0 Å². The maximum absolute atomic E-state index is 13.6. The molecule has 4 heteroatoms. The summed E-state index contributed by atoms with van der Waals surface area (Å²) < 4.78 is 13.6. The van der Waals surface area contributed by atoms with Gasteiger partial charge in [0.1, 0.15) is 5.82 Å². The predicted molar refractivity (Wildman–Crippen MR) is 74.9 cm³/mol. The van der Waals surface area contributed by atoms with Crippen LogP contribution in [0.2, 0.25) is 10.0 Å². The smallest absolute Gasteiger partial charge is 0.146 e. The predicted octanol–water partition coefficient (Wildman–Crippen LogP) is 5.05. The fourth-order valence-electron chi connectivity index (χ4n) is 1.72. The van der Waals surface area contributed by atoms with Crippen molar-refractivity contribution in [1.82, 2.24) is 0 Å². The quantitative estimate of drug-likeness (QED) is 0.831. The SMILES string of the molecule is Cc1cccc(F)c1NCc1cc(Cl)ccc1Cl. The number of halogens is 3. The van der Waals surface area contributed by atoms with Gasteiger partial charge in [-0.3, -0.25) is 0 Å². The molecule has 18 heavy (non-hydrogen) atoms. The van der Waals surface area contributed by atoms with Crippen molar-refractivity contribution in [2.45, 2.75) is 13.5 Å². The van der Waals surface area contributed by atoms with Gasteiger partial charge in [0.25, 0.3) is 0 Å². The largest absolute Gasteiger partial charge is 0.378 e. The lowest BCUT2D eigenvalue weighted by Crippen LogP contribution is -2.03. The number of para-hydroxylation sites is 1. The zero-order valence-electron chi connectivity index (χ0n) is 9.81. The molecule has 0 aliphatic heterocycles. The van der Waals surface area contributed by atoms with Crippen LogP contribution in [-0.4, -0.2) is 0 Å². The van der Waals surface area contributed by atoms with Crippen molar-refractivity contribution in [1.29, 1.82) is 0 Å². The number of nitrogens with one attached hydrogen (secondary N) is 1. The first-order valence-electron chi connectivity index (χ1n) is 5.51. The average Bonchev–Trinajstić information content (AvgIpc) is 2.33. The Bertz CT molecular complexity index is 549. The fourth-order valence-corrected chi connectivity index (χ4v) is 2.10. The molecule has 1 nitrogen and oxygen atoms in total. The molecule has 1 N–H and O–H groups in total. The van der Waals surface area contributed by atoms with E-state index >= 15 is 0 Å². The van der Waals surface area contributed by atoms with E-state index in [-0.39, 0.29) is 5.82 Å². The molecule has 0 saturated carbocycles. The number of hydrogen-bond donors (Lipinski definition) is 1. The second-order valence-electron chi connectivity index (χ2n) is 4.02. The second kappa shape index (κ2) is 5.59. The fraction of sp³-hybridized carbons (Fsp3) is 0.143. The Balaban J connectivity index is 2.19. The molecule has 0 atom stereocenters. The van der Waals surface area contributed by atoms with E-state index in [0.29, 0.717) is 22.3 Å². The Hall–Kier alpha value is -1.25. The Morgan fingerprint density at radius 1 is 1.17 bits per heavy atom. The third kappa shape index (κ3) is 2.95. The second-order valence-corrected chi connectivity index (χ2v) is 4.86. The van der Waals surface area contributed by atoms with Gasteiger partial charge in [0, 0.05) is 16.6 Å². The molecule has 2 rings (SSSR count). The van der Waals surface area contributed by atoms with E-state index in [1.54, 1.807) is 24.3 Å². The van der Waals surface area contributed by atoms with Gasteiger partial charge < -0.3 is 5.32 Å². The highest BCUT2D eigenvalue weighted by Crippen LogP contribution is 2.24. The molecular weight excluding hydrogens is 272 g/mol. The molecule has 0 saturated heterocycles. The lowest BCUT2D eigenvalue weighted by atomic mass is 10.1. The summed E-state index contributed by atoms with van der Waals surface area (Å²) in [6.07, 6.45) is 0. The van der Waals surface area contributed by atoms with E-state index in [1.165, 1.54) is 6.07 Å². The van der Waals surface area contributed by atoms with Gasteiger partial charge in [0.2, 0.25) is 0 Å². The maximum atomic E-state index is 13.6. The van der Waals surface area contributed by atoms with Crippen molar-refractivity contribution in [3.63, 3.8) is 0 Å². The van der Waals surface area contributed by atoms with Crippen LogP contribution in [0, 0.1) is 12.7 Å². The van der Waals surface area contributed by atoms with E-state index < -0.39 is 0 Å². The van der Waals surface area contributed by atoms with Crippen LogP contribution >= 0.6 is 23.2 Å². The maximum Gasteiger partial charge on any atom is 0.146 e. The summed E-state index contributed by atoms with van der Waals surface area (Å²) in [7, 11) is 0. The van der Waals surface area contributed by atoms with Crippen LogP contribution in [0.25, 0.3) is 0 Å². The number of rotatable bonds is 3. The van der Waals surface area contributed by atoms with Gasteiger partial charge in [0.15, 0.2) is 0 Å². The lowest BCUT2D eigenvalue weighted by molar-refractivity contribution is 0.629. The molecule has 2 aromatic rings. The molecule has 0 fully saturated rings. The van der Waals surface area contributed by atoms with Gasteiger partial charge in [0.05, 0.1) is 5.69 Å². The molecule has 0 aromatic heterocycles. The summed E-state index contributed by atoms with van der Waals surface area (Å²) in [4.78, 5) is 0. The molecule has 0 spiro atoms. The van der Waals surface area contributed by atoms with E-state index in [1.807, 2.05) is 13.0 Å². The van der Waals surface area contributed by atoms with E-state index in [2.05, 4.69) is 5.32 Å². The highest BCUT2D eigenvalue weighted by Gasteiger charge is 2.06. The monoisotopic (exact) mass is 283 g/mol. The molecule has 0 aliphatic rings. The van der Waals surface area contributed by atoms with Crippen LogP contribution in [0.1, 0.15) is 11.1 Å². The van der Waals surface area contributed by atoms with E-state index in [4.69, 9.17) is 23.2 Å². The standard InChI is InChI=1S/C14H12Cl2FN/c1-9-3-2-4-13(17)14(9)18-8-10-7-11(15)5-6-12(10)16/h2-7,18H,8H2,1H3. The summed E-state index contributed by atoms with van der Waals surface area (Å²) in [6, 6.07) is 10.2. The highest BCUT2D eigenvalue weighted by atomic mass is 35.5. The van der Waals surface area contributed by atoms with Gasteiger partial charge >= 0.3 is 0 Å². The number of anilines is 1. The topological polar surface area (TPSA) is 12.0 Å². The minimum atomic E-state index is -0.270. The molecule has 0 bridgehead atoms. The third-order valence-corrected chi connectivity index (χ3v) is 3.29.